The van der Waals surface area contributed by atoms with Gasteiger partial charge in [0.1, 0.15) is 5.75 Å². The van der Waals surface area contributed by atoms with Crippen molar-refractivity contribution in [3.05, 3.63) is 64.7 Å². The number of halogens is 1. The van der Waals surface area contributed by atoms with Crippen molar-refractivity contribution >= 4 is 17.6 Å². The molecule has 6 heteroatoms. The Kier molecular flexibility index (Phi) is 6.90. The zero-order valence-corrected chi connectivity index (χ0v) is 14.5. The molecule has 0 spiro atoms. The Balaban J connectivity index is 1.83. The molecule has 0 saturated heterocycles. The average molecular weight is 349 g/mol. The van der Waals surface area contributed by atoms with Gasteiger partial charge < -0.3 is 20.1 Å². The SMILES string of the molecule is COc1cccc(C(CNC(=O)NCc2ccc(Cl)cc2)OC)c1. The van der Waals surface area contributed by atoms with Crippen molar-refractivity contribution in [1.29, 1.82) is 0 Å². The number of ether oxygens (including phenoxy) is 2. The minimum Gasteiger partial charge on any atom is -0.497 e. The highest BCUT2D eigenvalue weighted by Crippen LogP contribution is 2.20. The largest absolute Gasteiger partial charge is 0.497 e. The van der Waals surface area contributed by atoms with Crippen LogP contribution in [-0.2, 0) is 11.3 Å². The number of methoxy groups -OCH3 is 2. The Morgan fingerprint density at radius 1 is 1.12 bits per heavy atom. The molecular formula is C18H21ClN2O3. The summed E-state index contributed by atoms with van der Waals surface area (Å²) in [5.74, 6) is 0.752. The first-order chi connectivity index (χ1) is 11.6. The fourth-order valence-electron chi connectivity index (χ4n) is 2.21. The molecule has 2 N–H and O–H groups in total. The van der Waals surface area contributed by atoms with Gasteiger partial charge in [-0.15, -0.1) is 0 Å². The Morgan fingerprint density at radius 3 is 2.54 bits per heavy atom. The summed E-state index contributed by atoms with van der Waals surface area (Å²) in [7, 11) is 3.22. The summed E-state index contributed by atoms with van der Waals surface area (Å²) in [6, 6.07) is 14.7. The monoisotopic (exact) mass is 348 g/mol. The first kappa shape index (κ1) is 18.1. The molecule has 0 heterocycles. The fraction of sp³-hybridized carbons (Fsp3) is 0.278. The van der Waals surface area contributed by atoms with Crippen molar-refractivity contribution in [1.82, 2.24) is 10.6 Å². The van der Waals surface area contributed by atoms with Crippen molar-refractivity contribution in [2.24, 2.45) is 0 Å². The summed E-state index contributed by atoms with van der Waals surface area (Å²) in [4.78, 5) is 11.9. The van der Waals surface area contributed by atoms with E-state index in [0.717, 1.165) is 16.9 Å². The van der Waals surface area contributed by atoms with Gasteiger partial charge in [0.25, 0.3) is 0 Å². The molecule has 0 saturated carbocycles. The number of benzene rings is 2. The van der Waals surface area contributed by atoms with Crippen molar-refractivity contribution in [3.8, 4) is 5.75 Å². The van der Waals surface area contributed by atoms with Crippen LogP contribution in [0.25, 0.3) is 0 Å². The molecule has 128 valence electrons. The summed E-state index contributed by atoms with van der Waals surface area (Å²) in [6.07, 6.45) is -0.249. The molecule has 0 aliphatic rings. The van der Waals surface area contributed by atoms with Gasteiger partial charge in [-0.3, -0.25) is 0 Å². The Morgan fingerprint density at radius 2 is 1.88 bits per heavy atom. The zero-order valence-electron chi connectivity index (χ0n) is 13.7. The molecule has 0 radical (unpaired) electrons. The van der Waals surface area contributed by atoms with Gasteiger partial charge in [-0.05, 0) is 35.4 Å². The molecule has 0 aliphatic heterocycles. The Hall–Kier alpha value is -2.24. The van der Waals surface area contributed by atoms with Crippen molar-refractivity contribution in [2.75, 3.05) is 20.8 Å². The number of nitrogens with one attached hydrogen (secondary N) is 2. The number of hydrogen-bond acceptors (Lipinski definition) is 3. The van der Waals surface area contributed by atoms with Crippen LogP contribution in [0.15, 0.2) is 48.5 Å². The molecule has 0 aliphatic carbocycles. The topological polar surface area (TPSA) is 59.6 Å². The van der Waals surface area contributed by atoms with E-state index in [-0.39, 0.29) is 12.1 Å². The van der Waals surface area contributed by atoms with E-state index in [1.807, 2.05) is 36.4 Å². The van der Waals surface area contributed by atoms with E-state index in [2.05, 4.69) is 10.6 Å². The van der Waals surface area contributed by atoms with Gasteiger partial charge in [0.05, 0.1) is 13.2 Å². The maximum atomic E-state index is 11.9. The maximum absolute atomic E-state index is 11.9. The second-order valence-corrected chi connectivity index (χ2v) is 5.63. The van der Waals surface area contributed by atoms with E-state index in [1.54, 1.807) is 26.4 Å². The third-order valence-corrected chi connectivity index (χ3v) is 3.82. The van der Waals surface area contributed by atoms with Gasteiger partial charge in [-0.25, -0.2) is 4.79 Å². The van der Waals surface area contributed by atoms with E-state index in [0.29, 0.717) is 18.1 Å². The summed E-state index contributed by atoms with van der Waals surface area (Å²) < 4.78 is 10.7. The molecule has 24 heavy (non-hydrogen) atoms. The number of amides is 2. The van der Waals surface area contributed by atoms with Crippen LogP contribution in [0.3, 0.4) is 0 Å². The minimum absolute atomic E-state index is 0.249. The highest BCUT2D eigenvalue weighted by atomic mass is 35.5. The molecule has 2 rings (SSSR count). The Bertz CT molecular complexity index is 662. The highest BCUT2D eigenvalue weighted by Gasteiger charge is 2.12. The van der Waals surface area contributed by atoms with Gasteiger partial charge in [-0.1, -0.05) is 35.9 Å². The van der Waals surface area contributed by atoms with E-state index in [1.165, 1.54) is 0 Å². The van der Waals surface area contributed by atoms with Crippen LogP contribution in [0, 0.1) is 0 Å². The zero-order chi connectivity index (χ0) is 17.4. The first-order valence-corrected chi connectivity index (χ1v) is 7.93. The molecule has 0 fully saturated rings. The molecule has 2 aromatic rings. The van der Waals surface area contributed by atoms with Crippen LogP contribution in [-0.4, -0.2) is 26.8 Å². The normalized spacial score (nSPS) is 11.6. The molecule has 2 aromatic carbocycles. The fourth-order valence-corrected chi connectivity index (χ4v) is 2.34. The summed E-state index contributed by atoms with van der Waals surface area (Å²) in [5.41, 5.74) is 1.92. The van der Waals surface area contributed by atoms with Crippen LogP contribution in [0.2, 0.25) is 5.02 Å². The first-order valence-electron chi connectivity index (χ1n) is 7.55. The van der Waals surface area contributed by atoms with E-state index < -0.39 is 0 Å². The predicted octanol–water partition coefficient (Wildman–Crippen LogP) is 3.54. The second-order valence-electron chi connectivity index (χ2n) is 5.19. The summed E-state index contributed by atoms with van der Waals surface area (Å²) in [6.45, 7) is 0.788. The van der Waals surface area contributed by atoms with Gasteiger partial charge in [0.2, 0.25) is 0 Å². The van der Waals surface area contributed by atoms with E-state index >= 15 is 0 Å². The molecular weight excluding hydrogens is 328 g/mol. The molecule has 0 aromatic heterocycles. The van der Waals surface area contributed by atoms with Crippen LogP contribution < -0.4 is 15.4 Å². The molecule has 1 unspecified atom stereocenters. The van der Waals surface area contributed by atoms with Crippen LogP contribution >= 0.6 is 11.6 Å². The number of carbonyl (C=O) groups excluding carboxylic acids is 1. The number of urea groups is 1. The van der Waals surface area contributed by atoms with Gasteiger partial charge in [0, 0.05) is 25.2 Å². The van der Waals surface area contributed by atoms with E-state index in [9.17, 15) is 4.79 Å². The summed E-state index contributed by atoms with van der Waals surface area (Å²) >= 11 is 5.83. The summed E-state index contributed by atoms with van der Waals surface area (Å²) in [5, 5.41) is 6.28. The molecule has 2 amide bonds. The minimum atomic E-state index is -0.255. The lowest BCUT2D eigenvalue weighted by atomic mass is 10.1. The van der Waals surface area contributed by atoms with Crippen LogP contribution in [0.4, 0.5) is 4.79 Å². The highest BCUT2D eigenvalue weighted by molar-refractivity contribution is 6.30. The third-order valence-electron chi connectivity index (χ3n) is 3.56. The van der Waals surface area contributed by atoms with Gasteiger partial charge >= 0.3 is 6.03 Å². The maximum Gasteiger partial charge on any atom is 0.315 e. The second kappa shape index (κ2) is 9.15. The van der Waals surface area contributed by atoms with Crippen molar-refractivity contribution in [3.63, 3.8) is 0 Å². The molecule has 1 atom stereocenters. The predicted molar refractivity (Wildman–Crippen MR) is 94.4 cm³/mol. The lowest BCUT2D eigenvalue weighted by Crippen LogP contribution is -2.37. The number of carbonyl (C=O) groups is 1. The smallest absolute Gasteiger partial charge is 0.315 e. The van der Waals surface area contributed by atoms with Crippen LogP contribution in [0.1, 0.15) is 17.2 Å². The van der Waals surface area contributed by atoms with Gasteiger partial charge in [-0.2, -0.15) is 0 Å². The lowest BCUT2D eigenvalue weighted by Gasteiger charge is -2.17. The number of hydrogen-bond donors (Lipinski definition) is 2. The average Bonchev–Trinajstić information content (AvgIpc) is 2.62. The number of rotatable bonds is 7. The van der Waals surface area contributed by atoms with E-state index in [4.69, 9.17) is 21.1 Å². The third kappa shape index (κ3) is 5.44. The quantitative estimate of drug-likeness (QED) is 0.804. The van der Waals surface area contributed by atoms with Crippen molar-refractivity contribution in [2.45, 2.75) is 12.6 Å². The Labute approximate surface area is 146 Å². The lowest BCUT2D eigenvalue weighted by molar-refractivity contribution is 0.104. The van der Waals surface area contributed by atoms with Crippen LogP contribution in [0.5, 0.6) is 5.75 Å². The molecule has 0 bridgehead atoms. The van der Waals surface area contributed by atoms with Gasteiger partial charge in [0.15, 0.2) is 0 Å². The standard InChI is InChI=1S/C18H21ClN2O3/c1-23-16-5-3-4-14(10-16)17(24-2)12-21-18(22)20-11-13-6-8-15(19)9-7-13/h3-10,17H,11-12H2,1-2H3,(H2,20,21,22). The molecule has 5 nitrogen and oxygen atoms in total. The van der Waals surface area contributed by atoms with Crippen molar-refractivity contribution < 1.29 is 14.3 Å².